The van der Waals surface area contributed by atoms with E-state index in [9.17, 15) is 37.5 Å². The quantitative estimate of drug-likeness (QED) is 0.0631. The van der Waals surface area contributed by atoms with Crippen LogP contribution in [0.1, 0.15) is 80.8 Å². The van der Waals surface area contributed by atoms with Crippen LogP contribution < -0.4 is 26.6 Å². The molecule has 5 aliphatic rings. The molecule has 1 aromatic carbocycles. The Labute approximate surface area is 505 Å². The number of fused-ring (bicyclic) bond motifs is 6. The summed E-state index contributed by atoms with van der Waals surface area (Å²) in [6.07, 6.45) is 12.3. The zero-order chi connectivity index (χ0) is 61.1. The van der Waals surface area contributed by atoms with Gasteiger partial charge >= 0.3 is 0 Å². The fourth-order valence-electron chi connectivity index (χ4n) is 11.2. The van der Waals surface area contributed by atoms with Gasteiger partial charge in [0.25, 0.3) is 0 Å². The molecule has 22 nitrogen and oxygen atoms in total. The molecule has 2 bridgehead atoms. The van der Waals surface area contributed by atoms with E-state index < -0.39 is 29.8 Å². The van der Waals surface area contributed by atoms with Gasteiger partial charge in [0, 0.05) is 87.4 Å². The number of piperidine rings is 1. The molecule has 1 unspecified atom stereocenters. The van der Waals surface area contributed by atoms with Crippen molar-refractivity contribution < 1.29 is 56.5 Å². The van der Waals surface area contributed by atoms with Crippen molar-refractivity contribution in [2.75, 3.05) is 116 Å². The SMILES string of the molecule is C=C1/C=C(F)\C=C/CC(=O)N(C)Cc2nn(CCNC(=O)CCOCCOCCOCCOCCC(=O)N3CCC([C@@H](NC(=O)[C@@H](C)NC)C(=O)N4CCC[C@@H]4C4=NC(C(=O)c5ccc(F)cc5)CS4)CC3)cc2-c2cnc(N)c(c2)N2CCC[C@H]12. The molecule has 5 N–H and O–H groups in total. The molecule has 0 radical (unpaired) electrons. The molecule has 3 fully saturated rings. The highest BCUT2D eigenvalue weighted by molar-refractivity contribution is 8.14. The van der Waals surface area contributed by atoms with Crippen LogP contribution in [-0.2, 0) is 56.0 Å². The second kappa shape index (κ2) is 32.2. The molecule has 5 aliphatic heterocycles. The standard InChI is InChI=1S/C61H82F2N12O10S/c1-40-34-46(63)8-5-11-54(77)71(4)38-48-47(44-35-52(58(64)67-36-44)74-21-6-9-50(40)74)37-73(70-48)25-20-66-53(76)18-26-82-28-30-84-32-33-85-31-29-83-27-19-55(78)72-23-16-42(17-24-72)56(69-59(80)41(2)65-3)61(81)75-22-7-10-51(75)60-68-49(39-86-60)57(79)43-12-14-45(62)15-13-43/h5,8,12-15,34-37,41-42,49-51,56,65H,1,6-7,9-11,16-33,38-39H2,2-4H3,(H2,64,67)(H,66,76)(H,69,80)/b8-5-,46-34+/t41-,49?,50-,51-,56-/m1/s1. The van der Waals surface area contributed by atoms with Gasteiger partial charge in [-0.2, -0.15) is 5.10 Å². The van der Waals surface area contributed by atoms with Gasteiger partial charge < -0.3 is 60.2 Å². The van der Waals surface area contributed by atoms with E-state index in [0.29, 0.717) is 132 Å². The number of thioether (sulfide) groups is 1. The Morgan fingerprint density at radius 1 is 0.884 bits per heavy atom. The summed E-state index contributed by atoms with van der Waals surface area (Å²) < 4.78 is 52.7. The molecule has 86 heavy (non-hydrogen) atoms. The van der Waals surface area contributed by atoms with Crippen molar-refractivity contribution in [1.82, 2.24) is 45.4 Å². The van der Waals surface area contributed by atoms with Crippen molar-refractivity contribution in [2.45, 2.75) is 108 Å². The van der Waals surface area contributed by atoms with Crippen molar-refractivity contribution in [1.29, 1.82) is 0 Å². The Morgan fingerprint density at radius 2 is 1.56 bits per heavy atom. The number of carbonyl (C=O) groups is 6. The number of aliphatic imine (C=N–C) groups is 1. The maximum atomic E-state index is 14.9. The molecule has 3 saturated heterocycles. The van der Waals surface area contributed by atoms with Gasteiger partial charge in [0.05, 0.1) is 107 Å². The Balaban J connectivity index is 0.676. The number of nitrogens with one attached hydrogen (secondary N) is 3. The average Bonchev–Trinajstić information content (AvgIpc) is 2.51. The highest BCUT2D eigenvalue weighted by Crippen LogP contribution is 2.37. The van der Waals surface area contributed by atoms with Crippen molar-refractivity contribution in [3.63, 3.8) is 0 Å². The van der Waals surface area contributed by atoms with Crippen molar-refractivity contribution >= 4 is 63.6 Å². The molecule has 2 aromatic heterocycles. The number of nitrogens with two attached hydrogens (primary N) is 1. The molecular weight excluding hydrogens is 1130 g/mol. The summed E-state index contributed by atoms with van der Waals surface area (Å²) in [5.74, 6) is -1.46. The van der Waals surface area contributed by atoms with Crippen LogP contribution in [0.2, 0.25) is 0 Å². The number of carbonyl (C=O) groups excluding carboxylic acids is 6. The van der Waals surface area contributed by atoms with Crippen LogP contribution in [0.5, 0.6) is 0 Å². The molecule has 0 spiro atoms. The number of ketones is 1. The first-order valence-corrected chi connectivity index (χ1v) is 30.8. The molecule has 3 aromatic rings. The zero-order valence-electron chi connectivity index (χ0n) is 49.5. The lowest BCUT2D eigenvalue weighted by Gasteiger charge is -2.38. The van der Waals surface area contributed by atoms with Gasteiger partial charge in [-0.15, -0.1) is 11.8 Å². The number of nitrogen functional groups attached to an aromatic ring is 1. The summed E-state index contributed by atoms with van der Waals surface area (Å²) in [6, 6.07) is 4.94. The number of amides is 5. The number of likely N-dealkylation sites (tertiary alicyclic amines) is 2. The number of benzene rings is 1. The first-order valence-electron chi connectivity index (χ1n) is 29.8. The molecular formula is C61H82F2N12O10S. The summed E-state index contributed by atoms with van der Waals surface area (Å²) in [5.41, 5.74) is 10.3. The Bertz CT molecular complexity index is 2950. The van der Waals surface area contributed by atoms with Gasteiger partial charge in [-0.25, -0.2) is 13.8 Å². The van der Waals surface area contributed by atoms with E-state index in [2.05, 4.69) is 32.4 Å². The van der Waals surface area contributed by atoms with Crippen LogP contribution in [-0.4, -0.2) is 205 Å². The minimum absolute atomic E-state index is 0.00791. The molecule has 0 saturated carbocycles. The van der Waals surface area contributed by atoms with E-state index in [1.807, 2.05) is 12.3 Å². The van der Waals surface area contributed by atoms with Gasteiger partial charge in [-0.1, -0.05) is 12.7 Å². The van der Waals surface area contributed by atoms with Crippen LogP contribution >= 0.6 is 11.8 Å². The maximum Gasteiger partial charge on any atom is 0.246 e. The minimum atomic E-state index is -0.802. The van der Waals surface area contributed by atoms with Crippen LogP contribution in [0.4, 0.5) is 20.3 Å². The Kier molecular flexibility index (Phi) is 24.4. The van der Waals surface area contributed by atoms with E-state index in [1.165, 1.54) is 59.2 Å². The molecule has 8 rings (SSSR count). The van der Waals surface area contributed by atoms with E-state index in [-0.39, 0.29) is 92.3 Å². The first kappa shape index (κ1) is 65.1. The lowest BCUT2D eigenvalue weighted by Crippen LogP contribution is -2.58. The van der Waals surface area contributed by atoms with Gasteiger partial charge in [-0.05, 0) is 106 Å². The van der Waals surface area contributed by atoms with Crippen LogP contribution in [0.3, 0.4) is 0 Å². The topological polar surface area (TPSA) is 257 Å². The first-order chi connectivity index (χ1) is 41.6. The van der Waals surface area contributed by atoms with Crippen molar-refractivity contribution in [3.8, 4) is 11.1 Å². The predicted octanol–water partition coefficient (Wildman–Crippen LogP) is 4.65. The monoisotopic (exact) mass is 1210 g/mol. The van der Waals surface area contributed by atoms with Gasteiger partial charge in [-0.3, -0.25) is 38.4 Å². The Hall–Kier alpha value is -6.90. The summed E-state index contributed by atoms with van der Waals surface area (Å²) in [6.45, 7) is 11.1. The van der Waals surface area contributed by atoms with E-state index in [4.69, 9.17) is 34.8 Å². The number of anilines is 2. The average molecular weight is 1210 g/mol. The third-order valence-corrected chi connectivity index (χ3v) is 17.3. The van der Waals surface area contributed by atoms with Crippen molar-refractivity contribution in [2.24, 2.45) is 10.9 Å². The number of rotatable bonds is 26. The number of nitrogens with zero attached hydrogens (tertiary/aromatic N) is 8. The summed E-state index contributed by atoms with van der Waals surface area (Å²) in [4.78, 5) is 96.4. The van der Waals surface area contributed by atoms with E-state index >= 15 is 0 Å². The second-order valence-electron chi connectivity index (χ2n) is 22.1. The van der Waals surface area contributed by atoms with Crippen molar-refractivity contribution in [3.05, 3.63) is 96.0 Å². The summed E-state index contributed by atoms with van der Waals surface area (Å²) >= 11 is 1.46. The highest BCUT2D eigenvalue weighted by Gasteiger charge is 2.43. The number of likely N-dealkylation sites (N-methyl/N-ethyl adjacent to an activating group) is 1. The summed E-state index contributed by atoms with van der Waals surface area (Å²) in [7, 11) is 3.35. The van der Waals surface area contributed by atoms with E-state index in [1.54, 1.807) is 41.7 Å². The number of hydrogen-bond acceptors (Lipinski definition) is 17. The molecule has 25 heteroatoms. The molecule has 5 amide bonds. The fourth-order valence-corrected chi connectivity index (χ4v) is 12.4. The van der Waals surface area contributed by atoms with E-state index in [0.717, 1.165) is 35.4 Å². The number of aromatic nitrogens is 3. The van der Waals surface area contributed by atoms with Gasteiger partial charge in [0.2, 0.25) is 29.5 Å². The Morgan fingerprint density at radius 3 is 2.27 bits per heavy atom. The van der Waals surface area contributed by atoms with Gasteiger partial charge in [0.1, 0.15) is 29.5 Å². The number of pyridine rings is 1. The maximum absolute atomic E-state index is 14.9. The third-order valence-electron chi connectivity index (χ3n) is 16.1. The lowest BCUT2D eigenvalue weighted by atomic mass is 9.88. The molecule has 466 valence electrons. The number of allylic oxidation sites excluding steroid dienone is 2. The van der Waals surface area contributed by atoms with Crippen LogP contribution in [0, 0.1) is 11.7 Å². The number of halogens is 2. The van der Waals surface area contributed by atoms with Crippen LogP contribution in [0.25, 0.3) is 11.1 Å². The minimum Gasteiger partial charge on any atom is -0.382 e. The molecule has 7 heterocycles. The molecule has 0 aliphatic carbocycles. The fraction of sp³-hybridized carbons (Fsp3) is 0.557. The second-order valence-corrected chi connectivity index (χ2v) is 23.1. The smallest absolute Gasteiger partial charge is 0.246 e. The number of Topliss-reactive ketones (excluding diaryl/α,β-unsaturated/α-hetero) is 1. The summed E-state index contributed by atoms with van der Waals surface area (Å²) in [5, 5.41) is 14.4. The highest BCUT2D eigenvalue weighted by atomic mass is 32.2. The third kappa shape index (κ3) is 17.9. The lowest BCUT2D eigenvalue weighted by molar-refractivity contribution is -0.140. The largest absolute Gasteiger partial charge is 0.382 e. The number of hydrogen-bond donors (Lipinski definition) is 4. The normalized spacial score (nSPS) is 21.1. The predicted molar refractivity (Wildman–Crippen MR) is 323 cm³/mol. The zero-order valence-corrected chi connectivity index (χ0v) is 50.3. The molecule has 5 atom stereocenters. The van der Waals surface area contributed by atoms with Gasteiger partial charge in [0.15, 0.2) is 5.78 Å². The number of ether oxygens (including phenoxy) is 4. The van der Waals surface area contributed by atoms with Crippen LogP contribution in [0.15, 0.2) is 83.9 Å².